The zero-order valence-electron chi connectivity index (χ0n) is 15.5. The highest BCUT2D eigenvalue weighted by molar-refractivity contribution is 6.34. The van der Waals surface area contributed by atoms with Gasteiger partial charge in [0.25, 0.3) is 5.91 Å². The van der Waals surface area contributed by atoms with E-state index in [1.165, 1.54) is 40.8 Å². The van der Waals surface area contributed by atoms with Crippen molar-refractivity contribution in [3.8, 4) is 5.69 Å². The van der Waals surface area contributed by atoms with E-state index in [1.54, 1.807) is 38.2 Å². The molecule has 0 fully saturated rings. The van der Waals surface area contributed by atoms with Crippen molar-refractivity contribution in [1.82, 2.24) is 9.78 Å². The van der Waals surface area contributed by atoms with Gasteiger partial charge >= 0.3 is 0 Å². The molecule has 0 atom stereocenters. The van der Waals surface area contributed by atoms with E-state index in [0.717, 1.165) is 0 Å². The van der Waals surface area contributed by atoms with E-state index in [4.69, 9.17) is 11.6 Å². The van der Waals surface area contributed by atoms with E-state index >= 15 is 0 Å². The smallest absolute Gasteiger partial charge is 0.260 e. The molecule has 1 heterocycles. The van der Waals surface area contributed by atoms with E-state index in [2.05, 4.69) is 10.4 Å². The van der Waals surface area contributed by atoms with Gasteiger partial charge in [0.15, 0.2) is 0 Å². The maximum Gasteiger partial charge on any atom is 0.260 e. The Morgan fingerprint density at radius 3 is 2.29 bits per heavy atom. The van der Waals surface area contributed by atoms with Crippen molar-refractivity contribution in [2.45, 2.75) is 13.8 Å². The Bertz CT molecular complexity index is 1030. The van der Waals surface area contributed by atoms with Crippen LogP contribution in [0.4, 0.5) is 15.8 Å². The first-order valence-electron chi connectivity index (χ1n) is 8.44. The largest absolute Gasteiger partial charge is 0.322 e. The predicted molar refractivity (Wildman–Crippen MR) is 107 cm³/mol. The lowest BCUT2D eigenvalue weighted by atomic mass is 10.2. The van der Waals surface area contributed by atoms with Crippen LogP contribution in [0.3, 0.4) is 0 Å². The zero-order valence-corrected chi connectivity index (χ0v) is 16.3. The Kier molecular flexibility index (Phi) is 5.46. The highest BCUT2D eigenvalue weighted by Gasteiger charge is 2.21. The van der Waals surface area contributed by atoms with Crippen molar-refractivity contribution in [2.75, 3.05) is 17.3 Å². The molecule has 0 unspecified atom stereocenters. The van der Waals surface area contributed by atoms with Gasteiger partial charge in [0.1, 0.15) is 16.5 Å². The lowest BCUT2D eigenvalue weighted by Gasteiger charge is -2.15. The van der Waals surface area contributed by atoms with Gasteiger partial charge in [-0.3, -0.25) is 9.59 Å². The van der Waals surface area contributed by atoms with Crippen molar-refractivity contribution in [3.05, 3.63) is 70.8 Å². The molecule has 0 saturated carbocycles. The minimum Gasteiger partial charge on any atom is -0.322 e. The summed E-state index contributed by atoms with van der Waals surface area (Å²) in [5.74, 6) is -0.878. The number of benzene rings is 2. The Morgan fingerprint density at radius 2 is 1.71 bits per heavy atom. The highest BCUT2D eigenvalue weighted by atomic mass is 35.5. The summed E-state index contributed by atoms with van der Waals surface area (Å²) >= 11 is 6.37. The number of amides is 2. The van der Waals surface area contributed by atoms with Crippen LogP contribution in [-0.2, 0) is 4.79 Å². The fraction of sp³-hybridized carbons (Fsp3) is 0.150. The maximum atomic E-state index is 13.1. The summed E-state index contributed by atoms with van der Waals surface area (Å²) in [7, 11) is 1.67. The van der Waals surface area contributed by atoms with Gasteiger partial charge in [-0.15, -0.1) is 0 Å². The molecule has 0 aliphatic carbocycles. The predicted octanol–water partition coefficient (Wildman–Crippen LogP) is 4.21. The van der Waals surface area contributed by atoms with Crippen LogP contribution in [0.15, 0.2) is 48.5 Å². The minimum absolute atomic E-state index is 0.0904. The monoisotopic (exact) mass is 400 g/mol. The second-order valence-corrected chi connectivity index (χ2v) is 6.58. The van der Waals surface area contributed by atoms with Gasteiger partial charge < -0.3 is 10.2 Å². The zero-order chi connectivity index (χ0) is 20.4. The highest BCUT2D eigenvalue weighted by Crippen LogP contribution is 2.25. The number of aryl methyl sites for hydroxylation is 1. The molecular formula is C20H18ClFN4O2. The average Bonchev–Trinajstić information content (AvgIpc) is 2.96. The fourth-order valence-corrected chi connectivity index (χ4v) is 3.01. The molecule has 0 radical (unpaired) electrons. The summed E-state index contributed by atoms with van der Waals surface area (Å²) in [5.41, 5.74) is 2.49. The quantitative estimate of drug-likeness (QED) is 0.713. The molecule has 0 aliphatic rings. The van der Waals surface area contributed by atoms with E-state index in [0.29, 0.717) is 22.8 Å². The number of carbonyl (C=O) groups is 2. The first-order valence-corrected chi connectivity index (χ1v) is 8.82. The molecule has 0 spiro atoms. The second kappa shape index (κ2) is 7.82. The first kappa shape index (κ1) is 19.6. The molecule has 6 nitrogen and oxygen atoms in total. The molecule has 0 bridgehead atoms. The summed E-state index contributed by atoms with van der Waals surface area (Å²) < 4.78 is 14.5. The molecule has 3 aromatic rings. The van der Waals surface area contributed by atoms with Crippen LogP contribution in [0.1, 0.15) is 23.0 Å². The Morgan fingerprint density at radius 1 is 1.11 bits per heavy atom. The standard InChI is InChI=1S/C20H18ClFN4O2/c1-12-18(19(21)26(24-12)17-8-4-14(22)5-9-17)20(28)23-15-6-10-16(11-7-15)25(3)13(2)27/h4-11H,1-3H3,(H,23,28). The van der Waals surface area contributed by atoms with Crippen molar-refractivity contribution < 1.29 is 14.0 Å². The molecule has 144 valence electrons. The summed E-state index contributed by atoms with van der Waals surface area (Å²) in [5, 5.41) is 7.19. The Balaban J connectivity index is 1.83. The number of halogens is 2. The molecule has 3 rings (SSSR count). The van der Waals surface area contributed by atoms with Gasteiger partial charge in [-0.1, -0.05) is 11.6 Å². The third kappa shape index (κ3) is 3.89. The number of hydrogen-bond acceptors (Lipinski definition) is 3. The van der Waals surface area contributed by atoms with Crippen LogP contribution < -0.4 is 10.2 Å². The van der Waals surface area contributed by atoms with Crippen LogP contribution in [0.2, 0.25) is 5.15 Å². The molecule has 0 aliphatic heterocycles. The molecule has 1 N–H and O–H groups in total. The van der Waals surface area contributed by atoms with Crippen molar-refractivity contribution in [2.24, 2.45) is 0 Å². The van der Waals surface area contributed by atoms with Crippen molar-refractivity contribution >= 4 is 34.8 Å². The summed E-state index contributed by atoms with van der Waals surface area (Å²) in [4.78, 5) is 25.6. The van der Waals surface area contributed by atoms with E-state index in [1.807, 2.05) is 0 Å². The summed E-state index contributed by atoms with van der Waals surface area (Å²) in [6.45, 7) is 3.14. The number of anilines is 2. The van der Waals surface area contributed by atoms with Gasteiger partial charge in [-0.25, -0.2) is 9.07 Å². The SMILES string of the molecule is CC(=O)N(C)c1ccc(NC(=O)c2c(C)nn(-c3ccc(F)cc3)c2Cl)cc1. The van der Waals surface area contributed by atoms with Crippen molar-refractivity contribution in [1.29, 1.82) is 0 Å². The Hall–Kier alpha value is -3.19. The number of carbonyl (C=O) groups excluding carboxylic acids is 2. The van der Waals surface area contributed by atoms with Gasteiger partial charge in [0.2, 0.25) is 5.91 Å². The third-order valence-electron chi connectivity index (χ3n) is 4.29. The topological polar surface area (TPSA) is 67.2 Å². The summed E-state index contributed by atoms with van der Waals surface area (Å²) in [6, 6.07) is 12.5. The number of rotatable bonds is 4. The van der Waals surface area contributed by atoms with Crippen LogP contribution in [0.25, 0.3) is 5.69 Å². The fourth-order valence-electron chi connectivity index (χ4n) is 2.65. The minimum atomic E-state index is -0.413. The number of nitrogens with one attached hydrogen (secondary N) is 1. The van der Waals surface area contributed by atoms with Gasteiger partial charge in [-0.05, 0) is 55.5 Å². The lowest BCUT2D eigenvalue weighted by Crippen LogP contribution is -2.22. The van der Waals surface area contributed by atoms with Crippen LogP contribution in [-0.4, -0.2) is 28.6 Å². The van der Waals surface area contributed by atoms with Gasteiger partial charge in [0, 0.05) is 25.3 Å². The van der Waals surface area contributed by atoms with Gasteiger partial charge in [0.05, 0.1) is 11.4 Å². The maximum absolute atomic E-state index is 13.1. The van der Waals surface area contributed by atoms with Gasteiger partial charge in [-0.2, -0.15) is 5.10 Å². The molecule has 8 heteroatoms. The number of aromatic nitrogens is 2. The third-order valence-corrected chi connectivity index (χ3v) is 4.64. The molecule has 0 saturated heterocycles. The molecule has 1 aromatic heterocycles. The molecule has 2 aromatic carbocycles. The second-order valence-electron chi connectivity index (χ2n) is 6.22. The molecular weight excluding hydrogens is 383 g/mol. The average molecular weight is 401 g/mol. The van der Waals surface area contributed by atoms with E-state index in [9.17, 15) is 14.0 Å². The van der Waals surface area contributed by atoms with Crippen LogP contribution >= 0.6 is 11.6 Å². The van der Waals surface area contributed by atoms with Crippen LogP contribution in [0, 0.1) is 12.7 Å². The lowest BCUT2D eigenvalue weighted by molar-refractivity contribution is -0.116. The normalized spacial score (nSPS) is 10.6. The number of nitrogens with zero attached hydrogens (tertiary/aromatic N) is 3. The molecule has 2 amide bonds. The Labute approximate surface area is 166 Å². The number of hydrogen-bond donors (Lipinski definition) is 1. The first-order chi connectivity index (χ1) is 13.3. The van der Waals surface area contributed by atoms with Crippen LogP contribution in [0.5, 0.6) is 0 Å². The van der Waals surface area contributed by atoms with E-state index in [-0.39, 0.29) is 22.4 Å². The van der Waals surface area contributed by atoms with E-state index < -0.39 is 5.91 Å². The van der Waals surface area contributed by atoms with Crippen molar-refractivity contribution in [3.63, 3.8) is 0 Å². The molecule has 28 heavy (non-hydrogen) atoms. The summed E-state index contributed by atoms with van der Waals surface area (Å²) in [6.07, 6.45) is 0.